The van der Waals surface area contributed by atoms with Crippen molar-refractivity contribution >= 4 is 23.2 Å². The monoisotopic (exact) mass is 432 g/mol. The van der Waals surface area contributed by atoms with E-state index in [-0.39, 0.29) is 5.82 Å². The maximum atomic E-state index is 12.5. The maximum absolute atomic E-state index is 12.5. The molecule has 0 bridgehead atoms. The fourth-order valence-corrected chi connectivity index (χ4v) is 3.66. The van der Waals surface area contributed by atoms with E-state index in [1.165, 1.54) is 11.3 Å². The van der Waals surface area contributed by atoms with Crippen LogP contribution in [0.3, 0.4) is 0 Å². The minimum atomic E-state index is -0.751. The quantitative estimate of drug-likeness (QED) is 0.449. The van der Waals surface area contributed by atoms with Gasteiger partial charge in [0.2, 0.25) is 0 Å². The average Bonchev–Trinajstić information content (AvgIpc) is 3.47. The molecule has 1 amide bonds. The van der Waals surface area contributed by atoms with Crippen molar-refractivity contribution in [2.24, 2.45) is 0 Å². The normalized spacial score (nSPS) is 10.6. The molecular formula is C23H20N4O3S. The largest absolute Gasteiger partial charge is 0.450 e. The van der Waals surface area contributed by atoms with Crippen LogP contribution >= 0.6 is 11.3 Å². The minimum absolute atomic E-state index is 0.0982. The zero-order valence-electron chi connectivity index (χ0n) is 16.8. The summed E-state index contributed by atoms with van der Waals surface area (Å²) in [6.45, 7) is 1.94. The number of esters is 1. The Kier molecular flexibility index (Phi) is 6.18. The molecule has 0 aliphatic rings. The lowest BCUT2D eigenvalue weighted by atomic mass is 10.1. The predicted octanol–water partition coefficient (Wildman–Crippen LogP) is 3.78. The molecule has 31 heavy (non-hydrogen) atoms. The second-order valence-electron chi connectivity index (χ2n) is 6.76. The molecule has 4 aromatic rings. The molecule has 0 atom stereocenters. The van der Waals surface area contributed by atoms with Crippen LogP contribution in [0.15, 0.2) is 72.1 Å². The zero-order valence-corrected chi connectivity index (χ0v) is 17.6. The first kappa shape index (κ1) is 20.5. The third-order valence-corrected chi connectivity index (χ3v) is 5.47. The number of aromatic nitrogens is 3. The van der Waals surface area contributed by atoms with E-state index in [1.54, 1.807) is 4.68 Å². The van der Waals surface area contributed by atoms with Gasteiger partial charge < -0.3 is 10.1 Å². The van der Waals surface area contributed by atoms with E-state index in [2.05, 4.69) is 15.4 Å². The van der Waals surface area contributed by atoms with Gasteiger partial charge in [0.05, 0.1) is 10.6 Å². The Labute approximate surface area is 183 Å². The molecule has 0 spiro atoms. The highest BCUT2D eigenvalue weighted by Gasteiger charge is 2.21. The average molecular weight is 433 g/mol. The first-order valence-corrected chi connectivity index (χ1v) is 10.5. The van der Waals surface area contributed by atoms with Crippen molar-refractivity contribution < 1.29 is 14.3 Å². The summed E-state index contributed by atoms with van der Waals surface area (Å²) in [5, 5.41) is 9.00. The van der Waals surface area contributed by atoms with Crippen molar-refractivity contribution in [2.45, 2.75) is 13.5 Å². The van der Waals surface area contributed by atoms with E-state index in [4.69, 9.17) is 4.74 Å². The van der Waals surface area contributed by atoms with Crippen LogP contribution in [0, 0.1) is 6.92 Å². The fourth-order valence-electron chi connectivity index (χ4n) is 2.96. The summed E-state index contributed by atoms with van der Waals surface area (Å²) < 4.78 is 6.74. The number of para-hydroxylation sites is 1. The highest BCUT2D eigenvalue weighted by atomic mass is 32.1. The van der Waals surface area contributed by atoms with E-state index in [0.717, 1.165) is 21.7 Å². The lowest BCUT2D eigenvalue weighted by Gasteiger charge is -2.07. The predicted molar refractivity (Wildman–Crippen MR) is 118 cm³/mol. The molecule has 0 aliphatic heterocycles. The standard InChI is InChI=1S/C23H20N4O3S/c1-16-8-5-6-9-17(16)14-24-20(28)15-30-23(29)21-25-22(19-12-7-13-31-19)27(26-21)18-10-3-2-4-11-18/h2-13H,14-15H2,1H3,(H,24,28). The number of nitrogens with zero attached hydrogens (tertiary/aromatic N) is 3. The van der Waals surface area contributed by atoms with Gasteiger partial charge in [0.15, 0.2) is 12.4 Å². The van der Waals surface area contributed by atoms with Crippen LogP contribution in [-0.4, -0.2) is 33.2 Å². The number of aryl methyl sites for hydroxylation is 1. The van der Waals surface area contributed by atoms with E-state index in [9.17, 15) is 9.59 Å². The molecule has 7 nitrogen and oxygen atoms in total. The summed E-state index contributed by atoms with van der Waals surface area (Å²) in [4.78, 5) is 29.9. The summed E-state index contributed by atoms with van der Waals surface area (Å²) >= 11 is 1.49. The number of benzene rings is 2. The van der Waals surface area contributed by atoms with Crippen LogP contribution in [-0.2, 0) is 16.1 Å². The van der Waals surface area contributed by atoms with Crippen LogP contribution in [0.2, 0.25) is 0 Å². The van der Waals surface area contributed by atoms with Crippen molar-refractivity contribution in [2.75, 3.05) is 6.61 Å². The third-order valence-electron chi connectivity index (χ3n) is 4.60. The van der Waals surface area contributed by atoms with Gasteiger partial charge in [-0.2, -0.15) is 4.98 Å². The molecule has 2 aromatic heterocycles. The first-order chi connectivity index (χ1) is 15.1. The smallest absolute Gasteiger partial charge is 0.378 e. The number of amides is 1. The number of hydrogen-bond donors (Lipinski definition) is 1. The Morgan fingerprint density at radius 1 is 1.03 bits per heavy atom. The van der Waals surface area contributed by atoms with Crippen LogP contribution in [0.4, 0.5) is 0 Å². The highest BCUT2D eigenvalue weighted by molar-refractivity contribution is 7.13. The number of nitrogens with one attached hydrogen (secondary N) is 1. The third kappa shape index (κ3) is 4.87. The second kappa shape index (κ2) is 9.36. The van der Waals surface area contributed by atoms with Crippen molar-refractivity contribution in [1.82, 2.24) is 20.1 Å². The number of ether oxygens (including phenoxy) is 1. The first-order valence-electron chi connectivity index (χ1n) is 9.66. The number of hydrogen-bond acceptors (Lipinski definition) is 6. The second-order valence-corrected chi connectivity index (χ2v) is 7.71. The molecule has 0 aliphatic carbocycles. The van der Waals surface area contributed by atoms with E-state index >= 15 is 0 Å². The molecule has 0 unspecified atom stereocenters. The zero-order chi connectivity index (χ0) is 21.6. The van der Waals surface area contributed by atoms with Gasteiger partial charge in [-0.05, 0) is 41.6 Å². The van der Waals surface area contributed by atoms with Crippen molar-refractivity contribution in [3.05, 3.63) is 89.1 Å². The fraction of sp³-hybridized carbons (Fsp3) is 0.130. The highest BCUT2D eigenvalue weighted by Crippen LogP contribution is 2.25. The lowest BCUT2D eigenvalue weighted by molar-refractivity contribution is -0.124. The lowest BCUT2D eigenvalue weighted by Crippen LogP contribution is -2.28. The number of thiophene rings is 1. The summed E-state index contributed by atoms with van der Waals surface area (Å²) in [6, 6.07) is 21.0. The molecule has 0 saturated heterocycles. The van der Waals surface area contributed by atoms with Gasteiger partial charge in [-0.15, -0.1) is 16.4 Å². The van der Waals surface area contributed by atoms with Crippen LogP contribution in [0.5, 0.6) is 0 Å². The summed E-state index contributed by atoms with van der Waals surface area (Å²) in [7, 11) is 0. The van der Waals surface area contributed by atoms with E-state index in [0.29, 0.717) is 12.4 Å². The van der Waals surface area contributed by atoms with Gasteiger partial charge in [-0.1, -0.05) is 48.5 Å². The Morgan fingerprint density at radius 2 is 1.81 bits per heavy atom. The molecule has 0 radical (unpaired) electrons. The van der Waals surface area contributed by atoms with Gasteiger partial charge in [0, 0.05) is 6.54 Å². The Balaban J connectivity index is 1.44. The molecule has 4 rings (SSSR count). The number of carbonyl (C=O) groups excluding carboxylic acids is 2. The molecule has 1 N–H and O–H groups in total. The molecule has 2 heterocycles. The Morgan fingerprint density at radius 3 is 2.55 bits per heavy atom. The van der Waals surface area contributed by atoms with Crippen LogP contribution in [0.1, 0.15) is 21.7 Å². The van der Waals surface area contributed by atoms with Gasteiger partial charge in [0.1, 0.15) is 0 Å². The van der Waals surface area contributed by atoms with Crippen LogP contribution < -0.4 is 5.32 Å². The Bertz CT molecular complexity index is 1190. The van der Waals surface area contributed by atoms with Crippen LogP contribution in [0.25, 0.3) is 16.4 Å². The molecule has 156 valence electrons. The van der Waals surface area contributed by atoms with Crippen molar-refractivity contribution in [3.63, 3.8) is 0 Å². The minimum Gasteiger partial charge on any atom is -0.450 e. The van der Waals surface area contributed by atoms with Gasteiger partial charge in [0.25, 0.3) is 11.7 Å². The van der Waals surface area contributed by atoms with Gasteiger partial charge >= 0.3 is 5.97 Å². The summed E-state index contributed by atoms with van der Waals surface area (Å²) in [6.07, 6.45) is 0. The Hall–Kier alpha value is -3.78. The molecule has 2 aromatic carbocycles. The summed E-state index contributed by atoms with van der Waals surface area (Å²) in [5.74, 6) is -0.702. The van der Waals surface area contributed by atoms with Gasteiger partial charge in [-0.3, -0.25) is 4.79 Å². The molecule has 0 saturated carbocycles. The molecule has 8 heteroatoms. The van der Waals surface area contributed by atoms with E-state index < -0.39 is 18.5 Å². The molecule has 0 fully saturated rings. The summed E-state index contributed by atoms with van der Waals surface area (Å²) in [5.41, 5.74) is 2.86. The van der Waals surface area contributed by atoms with Crippen molar-refractivity contribution in [3.8, 4) is 16.4 Å². The SMILES string of the molecule is Cc1ccccc1CNC(=O)COC(=O)c1nc(-c2cccs2)n(-c2ccccc2)n1. The maximum Gasteiger partial charge on any atom is 0.378 e. The van der Waals surface area contributed by atoms with E-state index in [1.807, 2.05) is 79.0 Å². The number of carbonyl (C=O) groups is 2. The van der Waals surface area contributed by atoms with Crippen molar-refractivity contribution in [1.29, 1.82) is 0 Å². The van der Waals surface area contributed by atoms with Gasteiger partial charge in [-0.25, -0.2) is 9.48 Å². The number of rotatable bonds is 7. The topological polar surface area (TPSA) is 86.1 Å². The molecular weight excluding hydrogens is 412 g/mol.